The van der Waals surface area contributed by atoms with Crippen LogP contribution in [0.5, 0.6) is 0 Å². The number of hydrogen-bond acceptors (Lipinski definition) is 2. The van der Waals surface area contributed by atoms with Crippen molar-refractivity contribution < 1.29 is 66.9 Å². The van der Waals surface area contributed by atoms with Crippen molar-refractivity contribution in [2.45, 2.75) is 36.9 Å². The van der Waals surface area contributed by atoms with Gasteiger partial charge in [-0.2, -0.15) is 52.7 Å². The second-order valence-electron chi connectivity index (χ2n) is 3.22. The number of rotatable bonds is 2. The third-order valence-electron chi connectivity index (χ3n) is 1.44. The molecule has 2 nitrogen and oxygen atoms in total. The Labute approximate surface area is 112 Å². The molecule has 0 aliphatic heterocycles. The van der Waals surface area contributed by atoms with Crippen molar-refractivity contribution in [1.29, 1.82) is 0 Å². The van der Waals surface area contributed by atoms with Crippen LogP contribution in [0.15, 0.2) is 0 Å². The van der Waals surface area contributed by atoms with E-state index in [4.69, 9.17) is 5.11 Å². The lowest BCUT2D eigenvalue weighted by Crippen LogP contribution is -2.44. The molecule has 0 bridgehead atoms. The molecule has 0 unspecified atom stereocenters. The molecule has 0 saturated carbocycles. The first-order chi connectivity index (χ1) is 9.35. The van der Waals surface area contributed by atoms with Crippen LogP contribution in [-0.4, -0.2) is 48.9 Å². The van der Waals surface area contributed by atoms with Gasteiger partial charge in [0.05, 0.1) is 0 Å². The third kappa shape index (κ3) is 9.11. The topological polar surface area (TPSA) is 29.5 Å². The van der Waals surface area contributed by atoms with Gasteiger partial charge in [-0.15, -0.1) is 0 Å². The van der Waals surface area contributed by atoms with Crippen LogP contribution in [0.1, 0.15) is 0 Å². The van der Waals surface area contributed by atoms with E-state index >= 15 is 0 Å². The van der Waals surface area contributed by atoms with Crippen molar-refractivity contribution in [3.63, 3.8) is 0 Å². The largest absolute Gasteiger partial charge is 0.423 e. The lowest BCUT2D eigenvalue weighted by atomic mass is 10.3. The summed E-state index contributed by atoms with van der Waals surface area (Å²) >= 11 is 0. The van der Waals surface area contributed by atoms with Crippen LogP contribution in [0, 0.1) is 0 Å². The number of aliphatic hydroxyl groups is 1. The Hall–Kier alpha value is -0.990. The smallest absolute Gasteiger partial charge is 0.377 e. The molecule has 0 aromatic heterocycles. The Balaban J connectivity index is 0. The van der Waals surface area contributed by atoms with E-state index in [1.807, 2.05) is 0 Å². The molecule has 136 valence electrons. The van der Waals surface area contributed by atoms with Gasteiger partial charge in [0.2, 0.25) is 6.10 Å². The van der Waals surface area contributed by atoms with Crippen molar-refractivity contribution >= 4 is 0 Å². The minimum absolute atomic E-state index is 2.14. The molecule has 0 radical (unpaired) electrons. The number of ether oxygens (including phenoxy) is 1. The molecule has 15 heteroatoms. The van der Waals surface area contributed by atoms with E-state index in [2.05, 4.69) is 4.74 Å². The maximum absolute atomic E-state index is 11.4. The number of alkyl halides is 13. The Morgan fingerprint density at radius 2 is 0.909 bits per heavy atom. The summed E-state index contributed by atoms with van der Waals surface area (Å²) in [6.07, 6.45) is -30.8. The Kier molecular flexibility index (Phi) is 7.96. The minimum Gasteiger partial charge on any atom is -0.377 e. The van der Waals surface area contributed by atoms with Gasteiger partial charge < -0.3 is 9.84 Å². The molecule has 0 aliphatic carbocycles. The van der Waals surface area contributed by atoms with Crippen LogP contribution < -0.4 is 0 Å². The first-order valence-electron chi connectivity index (χ1n) is 4.47. The van der Waals surface area contributed by atoms with E-state index in [9.17, 15) is 57.1 Å². The fourth-order valence-corrected chi connectivity index (χ4v) is 0.623. The summed E-state index contributed by atoms with van der Waals surface area (Å²) < 4.78 is 148. The molecule has 0 saturated heterocycles. The molecule has 0 atom stereocenters. The standard InChI is InChI=1S/C4H3F7O.C3H2F6O/c5-1-12-2(3(6,7)8)4(9,10)11;4-2(5,6)1(10)3(7,8)9/h2H,1H2;1,10H. The number of aliphatic hydroxyl groups excluding tert-OH is 1. The van der Waals surface area contributed by atoms with Crippen LogP contribution >= 0.6 is 0 Å². The Morgan fingerprint density at radius 3 is 0.955 bits per heavy atom. The van der Waals surface area contributed by atoms with Gasteiger partial charge in [0.25, 0.3) is 6.10 Å². The molecular formula is C7H5F13O2. The van der Waals surface area contributed by atoms with Gasteiger partial charge in [-0.1, -0.05) is 0 Å². The van der Waals surface area contributed by atoms with Crippen molar-refractivity contribution in [2.24, 2.45) is 0 Å². The van der Waals surface area contributed by atoms with Crippen molar-refractivity contribution in [3.05, 3.63) is 0 Å². The third-order valence-corrected chi connectivity index (χ3v) is 1.44. The highest BCUT2D eigenvalue weighted by molar-refractivity contribution is 4.75. The maximum atomic E-state index is 11.4. The normalized spacial score (nSPS) is 14.2. The molecular weight excluding hydrogens is 363 g/mol. The summed E-state index contributed by atoms with van der Waals surface area (Å²) in [5, 5.41) is 7.47. The predicted octanol–water partition coefficient (Wildman–Crippen LogP) is 3.90. The van der Waals surface area contributed by atoms with Crippen LogP contribution in [0.4, 0.5) is 57.1 Å². The first-order valence-corrected chi connectivity index (χ1v) is 4.47. The van der Waals surface area contributed by atoms with E-state index in [-0.39, 0.29) is 0 Å². The number of halogens is 13. The Bertz CT molecular complexity index is 282. The monoisotopic (exact) mass is 368 g/mol. The zero-order chi connectivity index (χ0) is 18.6. The summed E-state index contributed by atoms with van der Waals surface area (Å²) in [7, 11) is 0. The Morgan fingerprint density at radius 1 is 0.636 bits per heavy atom. The van der Waals surface area contributed by atoms with Crippen molar-refractivity contribution in [2.75, 3.05) is 6.86 Å². The maximum Gasteiger partial charge on any atom is 0.423 e. The summed E-state index contributed by atoms with van der Waals surface area (Å²) in [6.45, 7) is -2.14. The van der Waals surface area contributed by atoms with Crippen LogP contribution in [0.3, 0.4) is 0 Å². The zero-order valence-corrected chi connectivity index (χ0v) is 9.63. The second kappa shape index (κ2) is 7.52. The van der Waals surface area contributed by atoms with Crippen molar-refractivity contribution in [3.8, 4) is 0 Å². The van der Waals surface area contributed by atoms with Gasteiger partial charge >= 0.3 is 24.7 Å². The van der Waals surface area contributed by atoms with E-state index in [1.54, 1.807) is 0 Å². The van der Waals surface area contributed by atoms with E-state index < -0.39 is 43.8 Å². The fraction of sp³-hybridized carbons (Fsp3) is 1.00. The first kappa shape index (κ1) is 23.3. The van der Waals surface area contributed by atoms with Gasteiger partial charge in [-0.3, -0.25) is 0 Å². The predicted molar refractivity (Wildman–Crippen MR) is 41.1 cm³/mol. The molecule has 0 aromatic rings. The van der Waals surface area contributed by atoms with Crippen LogP contribution in [0.2, 0.25) is 0 Å². The fourth-order valence-electron chi connectivity index (χ4n) is 0.623. The number of hydrogen-bond donors (Lipinski definition) is 1. The highest BCUT2D eigenvalue weighted by atomic mass is 19.4. The molecule has 0 aromatic carbocycles. The van der Waals surface area contributed by atoms with E-state index in [1.165, 1.54) is 0 Å². The molecule has 1 N–H and O–H groups in total. The minimum atomic E-state index is -5.63. The van der Waals surface area contributed by atoms with Gasteiger partial charge in [-0.25, -0.2) is 4.39 Å². The van der Waals surface area contributed by atoms with Crippen LogP contribution in [0.25, 0.3) is 0 Å². The highest BCUT2D eigenvalue weighted by Gasteiger charge is 2.58. The van der Waals surface area contributed by atoms with Gasteiger partial charge in [-0.05, 0) is 0 Å². The quantitative estimate of drug-likeness (QED) is 0.750. The molecule has 0 rings (SSSR count). The molecule has 0 spiro atoms. The molecule has 0 heterocycles. The zero-order valence-electron chi connectivity index (χ0n) is 9.63. The average molecular weight is 368 g/mol. The SMILES string of the molecule is FCOC(C(F)(F)F)C(F)(F)F.OC(C(F)(F)F)C(F)(F)F. The van der Waals surface area contributed by atoms with Crippen LogP contribution in [-0.2, 0) is 4.74 Å². The molecule has 22 heavy (non-hydrogen) atoms. The van der Waals surface area contributed by atoms with Gasteiger partial charge in [0.1, 0.15) is 0 Å². The molecule has 0 fully saturated rings. The lowest BCUT2D eigenvalue weighted by Gasteiger charge is -2.21. The lowest BCUT2D eigenvalue weighted by molar-refractivity contribution is -0.327. The molecule has 0 amide bonds. The van der Waals surface area contributed by atoms with Gasteiger partial charge in [0.15, 0.2) is 6.86 Å². The summed E-state index contributed by atoms with van der Waals surface area (Å²) in [4.78, 5) is 0. The van der Waals surface area contributed by atoms with Gasteiger partial charge in [0, 0.05) is 0 Å². The summed E-state index contributed by atoms with van der Waals surface area (Å²) in [5.41, 5.74) is 0. The summed E-state index contributed by atoms with van der Waals surface area (Å²) in [5.74, 6) is 0. The highest BCUT2D eigenvalue weighted by Crippen LogP contribution is 2.35. The van der Waals surface area contributed by atoms with Crippen molar-refractivity contribution in [1.82, 2.24) is 0 Å². The van der Waals surface area contributed by atoms with E-state index in [0.29, 0.717) is 0 Å². The average Bonchev–Trinajstić information content (AvgIpc) is 2.19. The second-order valence-corrected chi connectivity index (χ2v) is 3.22. The summed E-state index contributed by atoms with van der Waals surface area (Å²) in [6, 6.07) is 0. The van der Waals surface area contributed by atoms with E-state index in [0.717, 1.165) is 0 Å². The molecule has 0 aliphatic rings.